The molecule has 0 heterocycles. The third-order valence-corrected chi connectivity index (χ3v) is 5.49. The van der Waals surface area contributed by atoms with Crippen molar-refractivity contribution in [1.82, 2.24) is 5.32 Å². The summed E-state index contributed by atoms with van der Waals surface area (Å²) in [5, 5.41) is 2.66. The summed E-state index contributed by atoms with van der Waals surface area (Å²) in [5.41, 5.74) is 4.84. The van der Waals surface area contributed by atoms with Gasteiger partial charge in [0.15, 0.2) is 0 Å². The Morgan fingerprint density at radius 3 is 2.07 bits per heavy atom. The van der Waals surface area contributed by atoms with Gasteiger partial charge in [-0.2, -0.15) is 24.9 Å². The third-order valence-electron chi connectivity index (χ3n) is 4.52. The number of thioether (sulfide) groups is 1. The van der Waals surface area contributed by atoms with Crippen molar-refractivity contribution in [3.63, 3.8) is 0 Å². The first-order chi connectivity index (χ1) is 13.9. The molecule has 6 heteroatoms. The molecule has 1 N–H and O–H groups in total. The molecule has 1 unspecified atom stereocenters. The summed E-state index contributed by atoms with van der Waals surface area (Å²) in [7, 11) is 0. The highest BCUT2D eigenvalue weighted by molar-refractivity contribution is 7.99. The van der Waals surface area contributed by atoms with E-state index in [0.29, 0.717) is 5.75 Å². The molecule has 0 bridgehead atoms. The van der Waals surface area contributed by atoms with Crippen LogP contribution in [0.2, 0.25) is 0 Å². The van der Waals surface area contributed by atoms with Gasteiger partial charge in [0.25, 0.3) is 0 Å². The molecule has 30 heavy (non-hydrogen) atoms. The number of hydrogen-bond donors (Lipinski definition) is 1. The highest BCUT2D eigenvalue weighted by atomic mass is 32.2. The molecule has 0 fully saturated rings. The van der Waals surface area contributed by atoms with Crippen LogP contribution in [0.25, 0.3) is 0 Å². The average molecular weight is 446 g/mol. The first kappa shape index (κ1) is 28.6. The van der Waals surface area contributed by atoms with E-state index in [9.17, 15) is 18.0 Å². The van der Waals surface area contributed by atoms with Gasteiger partial charge in [-0.1, -0.05) is 47.1 Å². The van der Waals surface area contributed by atoms with Crippen molar-refractivity contribution in [2.24, 2.45) is 0 Å². The van der Waals surface area contributed by atoms with Crippen LogP contribution in [-0.2, 0) is 4.79 Å². The van der Waals surface area contributed by atoms with Gasteiger partial charge in [-0.15, -0.1) is 0 Å². The van der Waals surface area contributed by atoms with Gasteiger partial charge in [-0.3, -0.25) is 4.79 Å². The van der Waals surface area contributed by atoms with Crippen molar-refractivity contribution >= 4 is 17.7 Å². The lowest BCUT2D eigenvalue weighted by Crippen LogP contribution is -2.37. The topological polar surface area (TPSA) is 29.1 Å². The number of amides is 1. The van der Waals surface area contributed by atoms with E-state index in [1.807, 2.05) is 0 Å². The van der Waals surface area contributed by atoms with E-state index < -0.39 is 24.9 Å². The van der Waals surface area contributed by atoms with Crippen molar-refractivity contribution in [1.29, 1.82) is 0 Å². The Bertz CT molecular complexity index is 629. The summed E-state index contributed by atoms with van der Waals surface area (Å²) in [6.07, 6.45) is 5.01. The fourth-order valence-electron chi connectivity index (χ4n) is 2.55. The van der Waals surface area contributed by atoms with Crippen LogP contribution in [0, 0.1) is 0 Å². The third kappa shape index (κ3) is 17.4. The van der Waals surface area contributed by atoms with E-state index in [0.717, 1.165) is 37.0 Å². The van der Waals surface area contributed by atoms with Crippen LogP contribution in [0.5, 0.6) is 0 Å². The molecule has 0 saturated heterocycles. The summed E-state index contributed by atoms with van der Waals surface area (Å²) in [6, 6.07) is -0.309. The largest absolute Gasteiger partial charge is 0.389 e. The predicted molar refractivity (Wildman–Crippen MR) is 125 cm³/mol. The zero-order valence-corrected chi connectivity index (χ0v) is 19.9. The molecule has 172 valence electrons. The molecule has 1 amide bonds. The summed E-state index contributed by atoms with van der Waals surface area (Å²) >= 11 is 1.64. The van der Waals surface area contributed by atoms with Crippen molar-refractivity contribution in [3.8, 4) is 0 Å². The number of halogens is 3. The highest BCUT2D eigenvalue weighted by Crippen LogP contribution is 2.21. The van der Waals surface area contributed by atoms with Gasteiger partial charge in [-0.25, -0.2) is 0 Å². The Morgan fingerprint density at radius 1 is 0.967 bits per heavy atom. The fraction of sp³-hybridized carbons (Fsp3) is 0.625. The molecule has 0 saturated carbocycles. The van der Waals surface area contributed by atoms with Crippen molar-refractivity contribution < 1.29 is 18.0 Å². The van der Waals surface area contributed by atoms with E-state index in [1.165, 1.54) is 16.7 Å². The highest BCUT2D eigenvalue weighted by Gasteiger charge is 2.28. The van der Waals surface area contributed by atoms with Crippen LogP contribution in [0.15, 0.2) is 47.1 Å². The standard InChI is InChI=1S/C24H38F3NOS/c1-18(2)9-7-10-20(5)11-8-12-21(6)14-16-30-17-22(19(3)4)28-23(29)13-15-24(25,26)27/h9,11,14,22H,3,7-8,10,12-13,15-17H2,1-2,4-6H3,(H,28,29)/b20-11+,21-14+. The molecular formula is C24H38F3NOS. The number of carbonyl (C=O) groups excluding carboxylic acids is 1. The minimum absolute atomic E-state index is 0.309. The van der Waals surface area contributed by atoms with Crippen LogP contribution in [0.3, 0.4) is 0 Å². The van der Waals surface area contributed by atoms with E-state index in [-0.39, 0.29) is 6.04 Å². The van der Waals surface area contributed by atoms with E-state index >= 15 is 0 Å². The van der Waals surface area contributed by atoms with Gasteiger partial charge in [0.2, 0.25) is 5.91 Å². The van der Waals surface area contributed by atoms with Crippen molar-refractivity contribution in [2.45, 2.75) is 85.4 Å². The Kier molecular flexibility index (Phi) is 14.7. The summed E-state index contributed by atoms with van der Waals surface area (Å²) in [6.45, 7) is 14.1. The monoisotopic (exact) mass is 445 g/mol. The smallest absolute Gasteiger partial charge is 0.349 e. The number of alkyl halides is 3. The maximum absolute atomic E-state index is 12.2. The van der Waals surface area contributed by atoms with E-state index in [2.05, 4.69) is 57.8 Å². The van der Waals surface area contributed by atoms with Crippen LogP contribution in [0.4, 0.5) is 13.2 Å². The van der Waals surface area contributed by atoms with Crippen LogP contribution >= 0.6 is 11.8 Å². The van der Waals surface area contributed by atoms with Gasteiger partial charge >= 0.3 is 6.18 Å². The minimum atomic E-state index is -4.31. The summed E-state index contributed by atoms with van der Waals surface area (Å²) in [5.74, 6) is 0.816. The van der Waals surface area contributed by atoms with Gasteiger partial charge < -0.3 is 5.32 Å². The maximum atomic E-state index is 12.2. The van der Waals surface area contributed by atoms with Crippen LogP contribution in [-0.4, -0.2) is 29.6 Å². The Hall–Kier alpha value is -1.43. The van der Waals surface area contributed by atoms with Gasteiger partial charge in [0.1, 0.15) is 0 Å². The molecule has 0 aliphatic heterocycles. The van der Waals surface area contributed by atoms with Gasteiger partial charge in [0, 0.05) is 17.9 Å². The molecule has 0 aromatic heterocycles. The second kappa shape index (κ2) is 15.4. The molecule has 0 aliphatic rings. The van der Waals surface area contributed by atoms with Crippen LogP contribution < -0.4 is 5.32 Å². The zero-order chi connectivity index (χ0) is 23.2. The second-order valence-corrected chi connectivity index (χ2v) is 9.15. The summed E-state index contributed by atoms with van der Waals surface area (Å²) in [4.78, 5) is 11.7. The molecule has 0 aromatic rings. The molecule has 0 aliphatic carbocycles. The number of nitrogens with one attached hydrogen (secondary N) is 1. The first-order valence-corrected chi connectivity index (χ1v) is 11.6. The molecule has 2 nitrogen and oxygen atoms in total. The Labute approximate surface area is 185 Å². The van der Waals surface area contributed by atoms with Gasteiger partial charge in [-0.05, 0) is 60.3 Å². The number of hydrogen-bond acceptors (Lipinski definition) is 2. The number of carbonyl (C=O) groups is 1. The molecule has 0 radical (unpaired) electrons. The fourth-order valence-corrected chi connectivity index (χ4v) is 3.70. The molecule has 0 spiro atoms. The molecule has 1 atom stereocenters. The lowest BCUT2D eigenvalue weighted by molar-refractivity contribution is -0.144. The second-order valence-electron chi connectivity index (χ2n) is 8.08. The molecular weight excluding hydrogens is 407 g/mol. The normalized spacial score (nSPS) is 13.7. The predicted octanol–water partition coefficient (Wildman–Crippen LogP) is 7.54. The van der Waals surface area contributed by atoms with Crippen LogP contribution in [0.1, 0.15) is 73.1 Å². The number of rotatable bonds is 14. The first-order valence-electron chi connectivity index (χ1n) is 10.4. The lowest BCUT2D eigenvalue weighted by Gasteiger charge is -2.18. The average Bonchev–Trinajstić information content (AvgIpc) is 2.61. The van der Waals surface area contributed by atoms with Gasteiger partial charge in [0.05, 0.1) is 12.5 Å². The zero-order valence-electron chi connectivity index (χ0n) is 19.1. The lowest BCUT2D eigenvalue weighted by atomic mass is 10.1. The number of allylic oxidation sites excluding steroid dienone is 5. The molecule has 0 rings (SSSR count). The summed E-state index contributed by atoms with van der Waals surface area (Å²) < 4.78 is 36.7. The minimum Gasteiger partial charge on any atom is -0.349 e. The maximum Gasteiger partial charge on any atom is 0.389 e. The SMILES string of the molecule is C=C(C)C(CSC/C=C(\C)CC/C=C(\C)CCC=C(C)C)NC(=O)CCC(F)(F)F. The van der Waals surface area contributed by atoms with Crippen molar-refractivity contribution in [3.05, 3.63) is 47.1 Å². The Morgan fingerprint density at radius 2 is 1.53 bits per heavy atom. The van der Waals surface area contributed by atoms with E-state index in [4.69, 9.17) is 0 Å². The van der Waals surface area contributed by atoms with Crippen molar-refractivity contribution in [2.75, 3.05) is 11.5 Å². The quantitative estimate of drug-likeness (QED) is 0.221. The molecule has 0 aromatic carbocycles. The Balaban J connectivity index is 4.24. The van der Waals surface area contributed by atoms with E-state index in [1.54, 1.807) is 18.7 Å².